The van der Waals surface area contributed by atoms with Crippen LogP contribution in [0, 0.1) is 11.8 Å². The van der Waals surface area contributed by atoms with Crippen LogP contribution in [0.25, 0.3) is 0 Å². The highest BCUT2D eigenvalue weighted by Crippen LogP contribution is 2.57. The summed E-state index contributed by atoms with van der Waals surface area (Å²) in [5, 5.41) is 14.6. The van der Waals surface area contributed by atoms with Crippen molar-refractivity contribution in [3.63, 3.8) is 0 Å². The molecule has 4 saturated carbocycles. The number of aliphatic hydroxyl groups is 1. The molecule has 0 aliphatic heterocycles. The van der Waals surface area contributed by atoms with Crippen molar-refractivity contribution in [1.82, 2.24) is 5.32 Å². The van der Waals surface area contributed by atoms with Crippen molar-refractivity contribution < 1.29 is 5.11 Å². The first-order valence-electron chi connectivity index (χ1n) is 7.76. The van der Waals surface area contributed by atoms with Crippen molar-refractivity contribution in [1.29, 1.82) is 0 Å². The second-order valence-electron chi connectivity index (χ2n) is 7.45. The van der Waals surface area contributed by atoms with Crippen molar-refractivity contribution in [2.24, 2.45) is 11.8 Å². The minimum atomic E-state index is -0.364. The molecule has 0 heterocycles. The van der Waals surface area contributed by atoms with Crippen LogP contribution < -0.4 is 5.32 Å². The molecule has 2 N–H and O–H groups in total. The molecule has 0 aromatic heterocycles. The lowest BCUT2D eigenvalue weighted by molar-refractivity contribution is -0.142. The Kier molecular flexibility index (Phi) is 3.03. The second-order valence-corrected chi connectivity index (χ2v) is 8.36. The van der Waals surface area contributed by atoms with Gasteiger partial charge in [0.1, 0.15) is 0 Å². The van der Waals surface area contributed by atoms with Crippen LogP contribution in [0.4, 0.5) is 0 Å². The third-order valence-electron chi connectivity index (χ3n) is 5.61. The topological polar surface area (TPSA) is 32.3 Å². The molecule has 20 heavy (non-hydrogen) atoms. The number of nitrogens with one attached hydrogen (secondary N) is 1. The molecule has 4 fully saturated rings. The summed E-state index contributed by atoms with van der Waals surface area (Å²) in [6.45, 7) is 0.919. The molecule has 0 saturated heterocycles. The summed E-state index contributed by atoms with van der Waals surface area (Å²) < 4.78 is 1.13. The minimum absolute atomic E-state index is 0.200. The SMILES string of the molecule is OC12C[C@H]3C[C@@H](C1)CC(NCc1ccc(Br)cc1)(C3)C2. The standard InChI is InChI=1S/C17H22BrNO/c18-15-3-1-12(2-4-15)10-19-16-6-13-5-14(7-16)9-17(20,8-13)11-16/h1-4,13-14,19-20H,5-11H2/t13-,14+,16?,17?. The molecule has 1 aromatic rings. The molecule has 4 aliphatic rings. The molecule has 0 spiro atoms. The lowest BCUT2D eigenvalue weighted by Crippen LogP contribution is -2.64. The van der Waals surface area contributed by atoms with E-state index in [1.165, 1.54) is 24.8 Å². The molecule has 4 bridgehead atoms. The molecule has 1 aromatic carbocycles. The van der Waals surface area contributed by atoms with Gasteiger partial charge in [-0.15, -0.1) is 0 Å². The van der Waals surface area contributed by atoms with Crippen molar-refractivity contribution >= 4 is 15.9 Å². The van der Waals surface area contributed by atoms with E-state index < -0.39 is 0 Å². The first-order valence-corrected chi connectivity index (χ1v) is 8.55. The lowest BCUT2D eigenvalue weighted by atomic mass is 9.51. The Hall–Kier alpha value is -0.380. The van der Waals surface area contributed by atoms with E-state index in [-0.39, 0.29) is 11.1 Å². The van der Waals surface area contributed by atoms with Crippen LogP contribution in [0.1, 0.15) is 44.1 Å². The zero-order chi connectivity index (χ0) is 13.8. The van der Waals surface area contributed by atoms with Crippen LogP contribution in [0.2, 0.25) is 0 Å². The number of hydrogen-bond donors (Lipinski definition) is 2. The molecule has 4 aliphatic carbocycles. The predicted molar refractivity (Wildman–Crippen MR) is 83.3 cm³/mol. The van der Waals surface area contributed by atoms with Crippen LogP contribution in [0.3, 0.4) is 0 Å². The molecule has 0 amide bonds. The minimum Gasteiger partial charge on any atom is -0.390 e. The highest BCUT2D eigenvalue weighted by Gasteiger charge is 2.56. The van der Waals surface area contributed by atoms with E-state index in [0.29, 0.717) is 0 Å². The molecular formula is C17H22BrNO. The van der Waals surface area contributed by atoms with E-state index in [0.717, 1.165) is 42.1 Å². The van der Waals surface area contributed by atoms with E-state index in [2.05, 4.69) is 45.5 Å². The van der Waals surface area contributed by atoms with Crippen LogP contribution >= 0.6 is 15.9 Å². The number of halogens is 1. The fourth-order valence-electron chi connectivity index (χ4n) is 5.31. The Balaban J connectivity index is 1.49. The van der Waals surface area contributed by atoms with E-state index >= 15 is 0 Å². The maximum Gasteiger partial charge on any atom is 0.0670 e. The summed E-state index contributed by atoms with van der Waals surface area (Å²) in [6.07, 6.45) is 6.94. The highest BCUT2D eigenvalue weighted by atomic mass is 79.9. The first kappa shape index (κ1) is 13.3. The predicted octanol–water partition coefficient (Wildman–Crippen LogP) is 3.62. The molecular weight excluding hydrogens is 314 g/mol. The summed E-state index contributed by atoms with van der Waals surface area (Å²) in [5.41, 5.74) is 1.17. The third kappa shape index (κ3) is 2.34. The molecule has 2 nitrogen and oxygen atoms in total. The number of rotatable bonds is 3. The fraction of sp³-hybridized carbons (Fsp3) is 0.647. The van der Waals surface area contributed by atoms with Crippen molar-refractivity contribution in [3.05, 3.63) is 34.3 Å². The van der Waals surface area contributed by atoms with Gasteiger partial charge in [0.2, 0.25) is 0 Å². The summed E-state index contributed by atoms with van der Waals surface area (Å²) in [7, 11) is 0. The Labute approximate surface area is 129 Å². The maximum absolute atomic E-state index is 10.8. The van der Waals surface area contributed by atoms with Gasteiger partial charge < -0.3 is 10.4 Å². The third-order valence-corrected chi connectivity index (χ3v) is 6.14. The number of hydrogen-bond acceptors (Lipinski definition) is 2. The van der Waals surface area contributed by atoms with E-state index in [1.54, 1.807) is 0 Å². The van der Waals surface area contributed by atoms with Gasteiger partial charge in [0.15, 0.2) is 0 Å². The Bertz CT molecular complexity index is 498. The lowest BCUT2D eigenvalue weighted by Gasteiger charge is -2.60. The Morgan fingerprint density at radius 1 is 1.10 bits per heavy atom. The molecule has 108 valence electrons. The van der Waals surface area contributed by atoms with Crippen molar-refractivity contribution in [2.45, 2.75) is 56.2 Å². The van der Waals surface area contributed by atoms with Gasteiger partial charge in [-0.05, 0) is 68.1 Å². The average molecular weight is 336 g/mol. The monoisotopic (exact) mass is 335 g/mol. The Morgan fingerprint density at radius 3 is 2.35 bits per heavy atom. The average Bonchev–Trinajstić information content (AvgIpc) is 2.35. The van der Waals surface area contributed by atoms with Gasteiger partial charge in [-0.25, -0.2) is 0 Å². The largest absolute Gasteiger partial charge is 0.390 e. The second kappa shape index (κ2) is 4.56. The van der Waals surface area contributed by atoms with E-state index in [4.69, 9.17) is 0 Å². The molecule has 5 rings (SSSR count). The van der Waals surface area contributed by atoms with Crippen molar-refractivity contribution in [3.8, 4) is 0 Å². The fourth-order valence-corrected chi connectivity index (χ4v) is 5.58. The van der Waals surface area contributed by atoms with Gasteiger partial charge in [-0.1, -0.05) is 28.1 Å². The van der Waals surface area contributed by atoms with Gasteiger partial charge in [0, 0.05) is 16.6 Å². The zero-order valence-corrected chi connectivity index (χ0v) is 13.3. The smallest absolute Gasteiger partial charge is 0.0670 e. The summed E-state index contributed by atoms with van der Waals surface area (Å²) in [6, 6.07) is 8.55. The quantitative estimate of drug-likeness (QED) is 0.884. The summed E-state index contributed by atoms with van der Waals surface area (Å²) in [5.74, 6) is 1.50. The summed E-state index contributed by atoms with van der Waals surface area (Å²) >= 11 is 3.48. The first-order chi connectivity index (χ1) is 9.54. The maximum atomic E-state index is 10.8. The molecule has 0 radical (unpaired) electrons. The Morgan fingerprint density at radius 2 is 1.75 bits per heavy atom. The van der Waals surface area contributed by atoms with Gasteiger partial charge in [0.05, 0.1) is 5.60 Å². The van der Waals surface area contributed by atoms with Crippen LogP contribution in [0.5, 0.6) is 0 Å². The molecule has 4 atom stereocenters. The van der Waals surface area contributed by atoms with E-state index in [9.17, 15) is 5.11 Å². The van der Waals surface area contributed by atoms with Gasteiger partial charge >= 0.3 is 0 Å². The highest BCUT2D eigenvalue weighted by molar-refractivity contribution is 9.10. The zero-order valence-electron chi connectivity index (χ0n) is 11.7. The van der Waals surface area contributed by atoms with Gasteiger partial charge in [-0.3, -0.25) is 0 Å². The van der Waals surface area contributed by atoms with Crippen LogP contribution in [-0.4, -0.2) is 16.2 Å². The van der Waals surface area contributed by atoms with E-state index in [1.807, 2.05) is 0 Å². The van der Waals surface area contributed by atoms with Gasteiger partial charge in [0.25, 0.3) is 0 Å². The number of benzene rings is 1. The van der Waals surface area contributed by atoms with Crippen LogP contribution in [-0.2, 0) is 6.54 Å². The normalized spacial score (nSPS) is 42.1. The molecule has 3 heteroatoms. The van der Waals surface area contributed by atoms with Crippen molar-refractivity contribution in [2.75, 3.05) is 0 Å². The summed E-state index contributed by atoms with van der Waals surface area (Å²) in [4.78, 5) is 0. The van der Waals surface area contributed by atoms with Gasteiger partial charge in [-0.2, -0.15) is 0 Å². The van der Waals surface area contributed by atoms with Crippen LogP contribution in [0.15, 0.2) is 28.7 Å². The molecule has 2 unspecified atom stereocenters.